The Morgan fingerprint density at radius 2 is 2.08 bits per heavy atom. The lowest BCUT2D eigenvalue weighted by atomic mass is 10.2. The van der Waals surface area contributed by atoms with Gasteiger partial charge in [-0.05, 0) is 12.8 Å². The van der Waals surface area contributed by atoms with Crippen LogP contribution in [0.1, 0.15) is 12.8 Å². The second kappa shape index (κ2) is 3.22. The van der Waals surface area contributed by atoms with Gasteiger partial charge in [0, 0.05) is 19.1 Å². The number of aliphatic hydroxyl groups is 1. The van der Waals surface area contributed by atoms with Crippen LogP contribution in [0.5, 0.6) is 0 Å². The summed E-state index contributed by atoms with van der Waals surface area (Å²) >= 11 is 0. The first kappa shape index (κ1) is 9.43. The van der Waals surface area contributed by atoms with Gasteiger partial charge >= 0.3 is 0 Å². The molecule has 0 saturated carbocycles. The highest BCUT2D eigenvalue weighted by Crippen LogP contribution is 2.21. The Morgan fingerprint density at radius 1 is 1.31 bits per heavy atom. The Bertz CT molecular complexity index is 288. The summed E-state index contributed by atoms with van der Waals surface area (Å²) in [6.07, 6.45) is 1.29. The summed E-state index contributed by atoms with van der Waals surface area (Å²) in [4.78, 5) is 2.11. The predicted octanol–water partition coefficient (Wildman–Crippen LogP) is -0.760. The van der Waals surface area contributed by atoms with E-state index < -0.39 is 9.84 Å². The van der Waals surface area contributed by atoms with Crippen LogP contribution in [-0.2, 0) is 9.84 Å². The first-order valence-corrected chi connectivity index (χ1v) is 6.51. The van der Waals surface area contributed by atoms with Crippen LogP contribution in [0.3, 0.4) is 0 Å². The molecule has 0 spiro atoms. The monoisotopic (exact) mass is 205 g/mol. The smallest absolute Gasteiger partial charge is 0.151 e. The maximum Gasteiger partial charge on any atom is 0.151 e. The quantitative estimate of drug-likeness (QED) is 0.611. The van der Waals surface area contributed by atoms with Crippen molar-refractivity contribution in [1.29, 1.82) is 0 Å². The molecular weight excluding hydrogens is 190 g/mol. The lowest BCUT2D eigenvalue weighted by molar-refractivity contribution is 0.164. The summed E-state index contributed by atoms with van der Waals surface area (Å²) < 4.78 is 22.4. The van der Waals surface area contributed by atoms with Crippen molar-refractivity contribution >= 4 is 9.84 Å². The maximum absolute atomic E-state index is 11.2. The minimum absolute atomic E-state index is 0.169. The topological polar surface area (TPSA) is 57.6 Å². The number of aliphatic hydroxyl groups excluding tert-OH is 1. The summed E-state index contributed by atoms with van der Waals surface area (Å²) in [5.41, 5.74) is 0. The highest BCUT2D eigenvalue weighted by Gasteiger charge is 2.35. The van der Waals surface area contributed by atoms with Gasteiger partial charge in [0.1, 0.15) is 0 Å². The van der Waals surface area contributed by atoms with Crippen molar-refractivity contribution in [3.63, 3.8) is 0 Å². The van der Waals surface area contributed by atoms with Gasteiger partial charge in [-0.15, -0.1) is 0 Å². The van der Waals surface area contributed by atoms with Crippen LogP contribution in [0, 0.1) is 0 Å². The van der Waals surface area contributed by atoms with Crippen LogP contribution in [0.4, 0.5) is 0 Å². The molecule has 0 aliphatic carbocycles. The number of nitrogens with zero attached hydrogens (tertiary/aromatic N) is 1. The number of rotatable bonds is 1. The van der Waals surface area contributed by atoms with Crippen molar-refractivity contribution in [2.75, 3.05) is 24.6 Å². The van der Waals surface area contributed by atoms with Crippen LogP contribution >= 0.6 is 0 Å². The Morgan fingerprint density at radius 3 is 2.54 bits per heavy atom. The average molecular weight is 205 g/mol. The second-order valence-corrected chi connectivity index (χ2v) is 6.22. The molecule has 0 unspecified atom stereocenters. The zero-order valence-corrected chi connectivity index (χ0v) is 8.33. The Hall–Kier alpha value is -0.130. The average Bonchev–Trinajstić information content (AvgIpc) is 2.56. The van der Waals surface area contributed by atoms with E-state index in [4.69, 9.17) is 0 Å². The Kier molecular flexibility index (Phi) is 2.33. The fourth-order valence-corrected chi connectivity index (χ4v) is 3.92. The van der Waals surface area contributed by atoms with E-state index in [0.717, 1.165) is 19.4 Å². The summed E-state index contributed by atoms with van der Waals surface area (Å²) in [7, 11) is -2.77. The van der Waals surface area contributed by atoms with Crippen molar-refractivity contribution in [3.8, 4) is 0 Å². The minimum atomic E-state index is -2.77. The SMILES string of the molecule is O=S1(=O)CC[C@H](N2CC[C@@H](O)C2)C1. The fraction of sp³-hybridized carbons (Fsp3) is 1.00. The second-order valence-electron chi connectivity index (χ2n) is 3.99. The molecule has 1 N–H and O–H groups in total. The molecule has 4 nitrogen and oxygen atoms in total. The zero-order valence-electron chi connectivity index (χ0n) is 7.52. The molecule has 2 rings (SSSR count). The van der Waals surface area contributed by atoms with E-state index in [9.17, 15) is 13.5 Å². The standard InChI is InChI=1S/C8H15NO3S/c10-8-1-3-9(5-8)7-2-4-13(11,12)6-7/h7-8,10H,1-6H2/t7-,8+/m0/s1. The molecule has 0 aromatic rings. The Labute approximate surface area is 78.5 Å². The molecular formula is C8H15NO3S. The van der Waals surface area contributed by atoms with Gasteiger partial charge in [-0.2, -0.15) is 0 Å². The van der Waals surface area contributed by atoms with E-state index in [1.54, 1.807) is 0 Å². The fourth-order valence-electron chi connectivity index (χ4n) is 2.16. The van der Waals surface area contributed by atoms with E-state index in [2.05, 4.69) is 4.90 Å². The van der Waals surface area contributed by atoms with Gasteiger partial charge in [-0.25, -0.2) is 8.42 Å². The van der Waals surface area contributed by atoms with Crippen LogP contribution in [0.2, 0.25) is 0 Å². The number of sulfone groups is 1. The van der Waals surface area contributed by atoms with Crippen LogP contribution in [0.25, 0.3) is 0 Å². The molecule has 13 heavy (non-hydrogen) atoms. The third-order valence-electron chi connectivity index (χ3n) is 2.92. The van der Waals surface area contributed by atoms with Crippen LogP contribution in [-0.4, -0.2) is 55.2 Å². The van der Waals surface area contributed by atoms with Crippen molar-refractivity contribution in [2.45, 2.75) is 25.0 Å². The third kappa shape index (κ3) is 2.03. The summed E-state index contributed by atoms with van der Waals surface area (Å²) in [5.74, 6) is 0.615. The highest BCUT2D eigenvalue weighted by molar-refractivity contribution is 7.91. The number of likely N-dealkylation sites (tertiary alicyclic amines) is 1. The largest absolute Gasteiger partial charge is 0.392 e. The minimum Gasteiger partial charge on any atom is -0.392 e. The van der Waals surface area contributed by atoms with Gasteiger partial charge in [0.05, 0.1) is 17.6 Å². The van der Waals surface area contributed by atoms with E-state index in [1.807, 2.05) is 0 Å². The van der Waals surface area contributed by atoms with Crippen molar-refractivity contribution < 1.29 is 13.5 Å². The van der Waals surface area contributed by atoms with Gasteiger partial charge in [0.25, 0.3) is 0 Å². The normalized spacial score (nSPS) is 39.8. The van der Waals surface area contributed by atoms with Gasteiger partial charge < -0.3 is 5.11 Å². The number of hydrogen-bond donors (Lipinski definition) is 1. The molecule has 76 valence electrons. The summed E-state index contributed by atoms with van der Waals surface area (Å²) in [6, 6.07) is 0.169. The van der Waals surface area contributed by atoms with Gasteiger partial charge in [-0.3, -0.25) is 4.90 Å². The van der Waals surface area contributed by atoms with E-state index in [1.165, 1.54) is 0 Å². The Balaban J connectivity index is 1.97. The molecule has 0 aromatic carbocycles. The first-order valence-electron chi connectivity index (χ1n) is 4.69. The molecule has 2 fully saturated rings. The first-order chi connectivity index (χ1) is 6.07. The van der Waals surface area contributed by atoms with Gasteiger partial charge in [0.15, 0.2) is 9.84 Å². The number of β-amino-alcohol motifs (C(OH)–C–C–N with tert-alkyl or cyclic N) is 1. The zero-order chi connectivity index (χ0) is 9.47. The lowest BCUT2D eigenvalue weighted by Gasteiger charge is -2.21. The summed E-state index contributed by atoms with van der Waals surface area (Å²) in [5, 5.41) is 9.30. The molecule has 2 aliphatic rings. The van der Waals surface area contributed by atoms with E-state index >= 15 is 0 Å². The molecule has 0 amide bonds. The van der Waals surface area contributed by atoms with Gasteiger partial charge in [-0.1, -0.05) is 0 Å². The van der Waals surface area contributed by atoms with Gasteiger partial charge in [0.2, 0.25) is 0 Å². The third-order valence-corrected chi connectivity index (χ3v) is 4.67. The van der Waals surface area contributed by atoms with Crippen molar-refractivity contribution in [3.05, 3.63) is 0 Å². The maximum atomic E-state index is 11.2. The van der Waals surface area contributed by atoms with E-state index in [-0.39, 0.29) is 12.1 Å². The molecule has 2 heterocycles. The molecule has 5 heteroatoms. The molecule has 0 radical (unpaired) electrons. The van der Waals surface area contributed by atoms with Crippen LogP contribution in [0.15, 0.2) is 0 Å². The van der Waals surface area contributed by atoms with Crippen LogP contribution < -0.4 is 0 Å². The molecule has 0 bridgehead atoms. The molecule has 2 atom stereocenters. The summed E-state index contributed by atoms with van der Waals surface area (Å²) in [6.45, 7) is 1.50. The van der Waals surface area contributed by atoms with E-state index in [0.29, 0.717) is 18.1 Å². The lowest BCUT2D eigenvalue weighted by Crippen LogP contribution is -2.34. The highest BCUT2D eigenvalue weighted by atomic mass is 32.2. The molecule has 2 aliphatic heterocycles. The van der Waals surface area contributed by atoms with Crippen molar-refractivity contribution in [1.82, 2.24) is 4.90 Å². The molecule has 0 aromatic heterocycles. The van der Waals surface area contributed by atoms with Crippen molar-refractivity contribution in [2.24, 2.45) is 0 Å². The number of hydrogen-bond acceptors (Lipinski definition) is 4. The molecule has 2 saturated heterocycles. The predicted molar refractivity (Wildman–Crippen MR) is 49.3 cm³/mol.